The summed E-state index contributed by atoms with van der Waals surface area (Å²) in [5.74, 6) is -2.28. The molecule has 118 valence electrons. The van der Waals surface area contributed by atoms with Crippen molar-refractivity contribution in [2.45, 2.75) is 51.6 Å². The molecule has 21 heavy (non-hydrogen) atoms. The molecule has 1 aliphatic heterocycles. The van der Waals surface area contributed by atoms with Gasteiger partial charge in [0.25, 0.3) is 5.91 Å². The maximum absolute atomic E-state index is 12.1. The number of aliphatic carboxylic acids is 1. The lowest BCUT2D eigenvalue weighted by Crippen LogP contribution is -2.48. The minimum absolute atomic E-state index is 0.286. The number of urea groups is 1. The SMILES string of the molecule is CCC[C@H](NC(=O)CN1C(=O)NC(C)(CC)C1=O)C(=O)O. The van der Waals surface area contributed by atoms with E-state index in [9.17, 15) is 19.2 Å². The van der Waals surface area contributed by atoms with Crippen LogP contribution in [0.25, 0.3) is 0 Å². The minimum Gasteiger partial charge on any atom is -0.480 e. The Bertz CT molecular complexity index is 465. The zero-order valence-corrected chi connectivity index (χ0v) is 12.4. The Labute approximate surface area is 122 Å². The molecule has 0 aromatic rings. The molecule has 2 atom stereocenters. The predicted octanol–water partition coefficient (Wildman–Crippen LogP) is 0.0764. The van der Waals surface area contributed by atoms with E-state index in [4.69, 9.17) is 5.11 Å². The van der Waals surface area contributed by atoms with E-state index in [1.54, 1.807) is 20.8 Å². The highest BCUT2D eigenvalue weighted by atomic mass is 16.4. The number of nitrogens with zero attached hydrogens (tertiary/aromatic N) is 1. The molecule has 0 aliphatic carbocycles. The smallest absolute Gasteiger partial charge is 0.326 e. The third kappa shape index (κ3) is 3.71. The molecule has 0 aromatic carbocycles. The molecule has 1 saturated heterocycles. The number of imide groups is 1. The molecular formula is C13H21N3O5. The summed E-state index contributed by atoms with van der Waals surface area (Å²) in [6.07, 6.45) is 1.28. The summed E-state index contributed by atoms with van der Waals surface area (Å²) in [5, 5.41) is 13.8. The zero-order valence-electron chi connectivity index (χ0n) is 12.4. The van der Waals surface area contributed by atoms with Crippen molar-refractivity contribution < 1.29 is 24.3 Å². The number of hydrogen-bond acceptors (Lipinski definition) is 4. The van der Waals surface area contributed by atoms with Crippen LogP contribution in [0.1, 0.15) is 40.0 Å². The van der Waals surface area contributed by atoms with Crippen LogP contribution < -0.4 is 10.6 Å². The molecule has 1 heterocycles. The number of rotatable bonds is 7. The molecular weight excluding hydrogens is 278 g/mol. The Morgan fingerprint density at radius 1 is 1.38 bits per heavy atom. The van der Waals surface area contributed by atoms with Crippen molar-refractivity contribution in [1.82, 2.24) is 15.5 Å². The van der Waals surface area contributed by atoms with E-state index in [1.807, 2.05) is 0 Å². The van der Waals surface area contributed by atoms with Crippen molar-refractivity contribution in [2.75, 3.05) is 6.54 Å². The maximum Gasteiger partial charge on any atom is 0.326 e. The van der Waals surface area contributed by atoms with Crippen LogP contribution in [0.4, 0.5) is 4.79 Å². The maximum atomic E-state index is 12.1. The number of amides is 4. The first-order valence-corrected chi connectivity index (χ1v) is 6.91. The number of carboxylic acid groups (broad SMARTS) is 1. The first-order chi connectivity index (χ1) is 9.75. The highest BCUT2D eigenvalue weighted by Gasteiger charge is 2.47. The summed E-state index contributed by atoms with van der Waals surface area (Å²) in [5.41, 5.74) is -1.01. The fourth-order valence-corrected chi connectivity index (χ4v) is 2.06. The van der Waals surface area contributed by atoms with Crippen LogP contribution in [0.2, 0.25) is 0 Å². The Morgan fingerprint density at radius 3 is 2.43 bits per heavy atom. The van der Waals surface area contributed by atoms with Crippen LogP contribution in [0.5, 0.6) is 0 Å². The molecule has 1 aliphatic rings. The molecule has 0 spiro atoms. The Kier molecular flexibility index (Phi) is 5.28. The van der Waals surface area contributed by atoms with Crippen molar-refractivity contribution in [2.24, 2.45) is 0 Å². The highest BCUT2D eigenvalue weighted by Crippen LogP contribution is 2.20. The standard InChI is InChI=1S/C13H21N3O5/c1-4-6-8(10(18)19)14-9(17)7-16-11(20)13(3,5-2)15-12(16)21/h8H,4-7H2,1-3H3,(H,14,17)(H,15,21)(H,18,19)/t8-,13?/m0/s1. The van der Waals surface area contributed by atoms with Crippen LogP contribution in [-0.2, 0) is 14.4 Å². The van der Waals surface area contributed by atoms with Crippen LogP contribution >= 0.6 is 0 Å². The van der Waals surface area contributed by atoms with Gasteiger partial charge < -0.3 is 15.7 Å². The van der Waals surface area contributed by atoms with E-state index in [1.165, 1.54) is 0 Å². The van der Waals surface area contributed by atoms with E-state index in [0.29, 0.717) is 12.8 Å². The topological polar surface area (TPSA) is 116 Å². The van der Waals surface area contributed by atoms with E-state index in [-0.39, 0.29) is 6.42 Å². The molecule has 8 heteroatoms. The summed E-state index contributed by atoms with van der Waals surface area (Å²) < 4.78 is 0. The quantitative estimate of drug-likeness (QED) is 0.576. The molecule has 1 rings (SSSR count). The second-order valence-electron chi connectivity index (χ2n) is 5.25. The Morgan fingerprint density at radius 2 is 2.00 bits per heavy atom. The molecule has 0 bridgehead atoms. The number of carboxylic acids is 1. The lowest BCUT2D eigenvalue weighted by atomic mass is 9.99. The molecule has 3 N–H and O–H groups in total. The second-order valence-corrected chi connectivity index (χ2v) is 5.25. The monoisotopic (exact) mass is 299 g/mol. The second kappa shape index (κ2) is 6.55. The van der Waals surface area contributed by atoms with E-state index in [2.05, 4.69) is 10.6 Å². The van der Waals surface area contributed by atoms with Gasteiger partial charge in [-0.05, 0) is 19.8 Å². The highest BCUT2D eigenvalue weighted by molar-refractivity contribution is 6.08. The first-order valence-electron chi connectivity index (χ1n) is 6.91. The van der Waals surface area contributed by atoms with Gasteiger partial charge in [0.1, 0.15) is 18.1 Å². The van der Waals surface area contributed by atoms with E-state index < -0.39 is 41.9 Å². The lowest BCUT2D eigenvalue weighted by Gasteiger charge is -2.19. The Hall–Kier alpha value is -2.12. The summed E-state index contributed by atoms with van der Waals surface area (Å²) in [6.45, 7) is 4.66. The number of nitrogens with one attached hydrogen (secondary N) is 2. The van der Waals surface area contributed by atoms with Crippen LogP contribution in [0.3, 0.4) is 0 Å². The van der Waals surface area contributed by atoms with Gasteiger partial charge in [-0.15, -0.1) is 0 Å². The lowest BCUT2D eigenvalue weighted by molar-refractivity contribution is -0.142. The van der Waals surface area contributed by atoms with Crippen molar-refractivity contribution in [3.63, 3.8) is 0 Å². The van der Waals surface area contributed by atoms with Crippen molar-refractivity contribution in [1.29, 1.82) is 0 Å². The fourth-order valence-electron chi connectivity index (χ4n) is 2.06. The first kappa shape index (κ1) is 16.9. The van der Waals surface area contributed by atoms with Gasteiger partial charge in [0.05, 0.1) is 0 Å². The molecule has 4 amide bonds. The van der Waals surface area contributed by atoms with Gasteiger partial charge in [-0.25, -0.2) is 9.59 Å². The van der Waals surface area contributed by atoms with E-state index >= 15 is 0 Å². The summed E-state index contributed by atoms with van der Waals surface area (Å²) in [4.78, 5) is 47.4. The normalized spacial score (nSPS) is 22.9. The van der Waals surface area contributed by atoms with Gasteiger partial charge in [0.2, 0.25) is 5.91 Å². The van der Waals surface area contributed by atoms with Crippen LogP contribution in [-0.4, -0.2) is 51.9 Å². The summed E-state index contributed by atoms with van der Waals surface area (Å²) in [7, 11) is 0. The Balaban J connectivity index is 2.69. The molecule has 1 unspecified atom stereocenters. The van der Waals surface area contributed by atoms with Gasteiger partial charge in [-0.1, -0.05) is 20.3 Å². The van der Waals surface area contributed by atoms with Gasteiger partial charge in [-0.3, -0.25) is 14.5 Å². The molecule has 1 fully saturated rings. The van der Waals surface area contributed by atoms with Crippen molar-refractivity contribution >= 4 is 23.8 Å². The predicted molar refractivity (Wildman–Crippen MR) is 73.4 cm³/mol. The molecule has 0 saturated carbocycles. The fraction of sp³-hybridized carbons (Fsp3) is 0.692. The van der Waals surface area contributed by atoms with Gasteiger partial charge in [0, 0.05) is 0 Å². The number of hydrogen-bond donors (Lipinski definition) is 3. The number of carbonyl (C=O) groups is 4. The number of carbonyl (C=O) groups excluding carboxylic acids is 3. The summed E-state index contributed by atoms with van der Waals surface area (Å²) >= 11 is 0. The van der Waals surface area contributed by atoms with Gasteiger partial charge >= 0.3 is 12.0 Å². The third-order valence-corrected chi connectivity index (χ3v) is 3.56. The van der Waals surface area contributed by atoms with Crippen molar-refractivity contribution in [3.05, 3.63) is 0 Å². The minimum atomic E-state index is -1.14. The van der Waals surface area contributed by atoms with Crippen LogP contribution in [0.15, 0.2) is 0 Å². The molecule has 8 nitrogen and oxygen atoms in total. The average molecular weight is 299 g/mol. The van der Waals surface area contributed by atoms with Gasteiger partial charge in [0.15, 0.2) is 0 Å². The largest absolute Gasteiger partial charge is 0.480 e. The van der Waals surface area contributed by atoms with Crippen molar-refractivity contribution in [3.8, 4) is 0 Å². The summed E-state index contributed by atoms with van der Waals surface area (Å²) in [6, 6.07) is -1.65. The van der Waals surface area contributed by atoms with Gasteiger partial charge in [-0.2, -0.15) is 0 Å². The van der Waals surface area contributed by atoms with Crippen LogP contribution in [0, 0.1) is 0 Å². The average Bonchev–Trinajstić information content (AvgIpc) is 2.62. The molecule has 0 radical (unpaired) electrons. The molecule has 0 aromatic heterocycles. The zero-order chi connectivity index (χ0) is 16.2. The van der Waals surface area contributed by atoms with E-state index in [0.717, 1.165) is 4.90 Å². The third-order valence-electron chi connectivity index (χ3n) is 3.56.